The second kappa shape index (κ2) is 8.25. The van der Waals surface area contributed by atoms with Crippen LogP contribution in [0.5, 0.6) is 0 Å². The first-order valence-corrected chi connectivity index (χ1v) is 8.87. The molecule has 0 bridgehead atoms. The van der Waals surface area contributed by atoms with E-state index in [0.717, 1.165) is 31.4 Å². The molecule has 130 valence electrons. The highest BCUT2D eigenvalue weighted by molar-refractivity contribution is 7.89. The third kappa shape index (κ3) is 4.77. The van der Waals surface area contributed by atoms with E-state index in [1.807, 2.05) is 0 Å². The maximum atomic E-state index is 12.5. The van der Waals surface area contributed by atoms with Gasteiger partial charge < -0.3 is 5.73 Å². The van der Waals surface area contributed by atoms with Crippen LogP contribution >= 0.6 is 24.0 Å². The molecule has 2 rings (SSSR count). The molecule has 0 heterocycles. The summed E-state index contributed by atoms with van der Waals surface area (Å²) in [6.07, 6.45) is 3.46. The second-order valence-electron chi connectivity index (χ2n) is 5.38. The predicted molar refractivity (Wildman–Crippen MR) is 90.5 cm³/mol. The summed E-state index contributed by atoms with van der Waals surface area (Å²) in [6, 6.07) is 3.23. The number of nitro groups is 1. The van der Waals surface area contributed by atoms with Crippen LogP contribution in [0.3, 0.4) is 0 Å². The Balaban J connectivity index is 0.00000264. The van der Waals surface area contributed by atoms with Gasteiger partial charge >= 0.3 is 0 Å². The number of sulfonamides is 1. The molecule has 2 unspecified atom stereocenters. The Hall–Kier alpha value is -0.930. The molecule has 2 atom stereocenters. The molecule has 10 heteroatoms. The van der Waals surface area contributed by atoms with E-state index in [4.69, 9.17) is 17.3 Å². The normalized spacial score (nSPS) is 21.5. The lowest BCUT2D eigenvalue weighted by Gasteiger charge is -2.30. The Morgan fingerprint density at radius 2 is 2.00 bits per heavy atom. The number of hydrogen-bond donors (Lipinski definition) is 2. The van der Waals surface area contributed by atoms with E-state index in [2.05, 4.69) is 4.72 Å². The molecule has 1 aromatic rings. The van der Waals surface area contributed by atoms with Gasteiger partial charge in [0.2, 0.25) is 10.0 Å². The van der Waals surface area contributed by atoms with Gasteiger partial charge in [0.25, 0.3) is 5.69 Å². The number of nitrogens with one attached hydrogen (secondary N) is 1. The molecule has 0 amide bonds. The minimum absolute atomic E-state index is 0. The first-order valence-electron chi connectivity index (χ1n) is 7.01. The monoisotopic (exact) mass is 383 g/mol. The van der Waals surface area contributed by atoms with Gasteiger partial charge in [0.1, 0.15) is 0 Å². The second-order valence-corrected chi connectivity index (χ2v) is 7.50. The van der Waals surface area contributed by atoms with Crippen molar-refractivity contribution in [1.82, 2.24) is 4.72 Å². The number of benzene rings is 1. The van der Waals surface area contributed by atoms with Crippen LogP contribution < -0.4 is 10.5 Å². The minimum atomic E-state index is -4.00. The van der Waals surface area contributed by atoms with Crippen LogP contribution in [0.2, 0.25) is 5.02 Å². The molecule has 1 aliphatic carbocycles. The minimum Gasteiger partial charge on any atom is -0.330 e. The summed E-state index contributed by atoms with van der Waals surface area (Å²) in [7, 11) is -4.00. The van der Waals surface area contributed by atoms with Crippen LogP contribution in [0.1, 0.15) is 25.7 Å². The highest BCUT2D eigenvalue weighted by Crippen LogP contribution is 2.29. The lowest BCUT2D eigenvalue weighted by molar-refractivity contribution is -0.387. The molecule has 0 radical (unpaired) electrons. The van der Waals surface area contributed by atoms with Gasteiger partial charge in [-0.1, -0.05) is 24.4 Å². The number of nitrogens with two attached hydrogens (primary N) is 1. The van der Waals surface area contributed by atoms with Crippen molar-refractivity contribution in [3.8, 4) is 0 Å². The molecular weight excluding hydrogens is 365 g/mol. The molecule has 1 aliphatic rings. The lowest BCUT2D eigenvalue weighted by atomic mass is 9.85. The summed E-state index contributed by atoms with van der Waals surface area (Å²) in [4.78, 5) is 9.95. The van der Waals surface area contributed by atoms with Crippen LogP contribution in [-0.4, -0.2) is 25.9 Å². The van der Waals surface area contributed by atoms with E-state index >= 15 is 0 Å². The highest BCUT2D eigenvalue weighted by Gasteiger charge is 2.32. The van der Waals surface area contributed by atoms with Crippen molar-refractivity contribution in [3.63, 3.8) is 0 Å². The molecule has 1 aromatic carbocycles. The molecule has 1 saturated carbocycles. The van der Waals surface area contributed by atoms with Crippen molar-refractivity contribution in [1.29, 1.82) is 0 Å². The average molecular weight is 384 g/mol. The highest BCUT2D eigenvalue weighted by atomic mass is 35.5. The largest absolute Gasteiger partial charge is 0.330 e. The van der Waals surface area contributed by atoms with Gasteiger partial charge in [0.15, 0.2) is 4.90 Å². The average Bonchev–Trinajstić information content (AvgIpc) is 2.47. The Morgan fingerprint density at radius 3 is 2.61 bits per heavy atom. The molecule has 23 heavy (non-hydrogen) atoms. The number of nitrogens with zero attached hydrogens (tertiary/aromatic N) is 1. The lowest BCUT2D eigenvalue weighted by Crippen LogP contribution is -2.44. The fraction of sp³-hybridized carbons (Fsp3) is 0.538. The van der Waals surface area contributed by atoms with E-state index in [0.29, 0.717) is 13.0 Å². The summed E-state index contributed by atoms with van der Waals surface area (Å²) >= 11 is 5.71. The van der Waals surface area contributed by atoms with Gasteiger partial charge in [-0.05, 0) is 37.4 Å². The first-order chi connectivity index (χ1) is 10.3. The maximum absolute atomic E-state index is 12.5. The molecular formula is C13H19Cl2N3O4S. The first kappa shape index (κ1) is 20.1. The fourth-order valence-electron chi connectivity index (χ4n) is 2.77. The third-order valence-corrected chi connectivity index (χ3v) is 5.70. The molecule has 3 N–H and O–H groups in total. The molecule has 0 saturated heterocycles. The SMILES string of the molecule is Cl.NCC1CCCCC1NS(=O)(=O)c1ccc(Cl)cc1[N+](=O)[O-]. The van der Waals surface area contributed by atoms with E-state index < -0.39 is 20.6 Å². The molecule has 7 nitrogen and oxygen atoms in total. The van der Waals surface area contributed by atoms with E-state index in [9.17, 15) is 18.5 Å². The molecule has 0 aromatic heterocycles. The topological polar surface area (TPSA) is 115 Å². The standard InChI is InChI=1S/C13H18ClN3O4S.ClH/c14-10-5-6-13(12(7-10)17(18)19)22(20,21)16-11-4-2-1-3-9(11)8-15;/h5-7,9,11,16H,1-4,8,15H2;1H. The van der Waals surface area contributed by atoms with Crippen molar-refractivity contribution in [2.45, 2.75) is 36.6 Å². The Kier molecular flexibility index (Phi) is 7.22. The zero-order valence-corrected chi connectivity index (χ0v) is 14.7. The number of rotatable bonds is 5. The summed E-state index contributed by atoms with van der Waals surface area (Å²) < 4.78 is 27.6. The summed E-state index contributed by atoms with van der Waals surface area (Å²) in [6.45, 7) is 0.385. The zero-order chi connectivity index (χ0) is 16.3. The van der Waals surface area contributed by atoms with Gasteiger partial charge in [0.05, 0.1) is 4.92 Å². The van der Waals surface area contributed by atoms with Crippen LogP contribution in [0, 0.1) is 16.0 Å². The Morgan fingerprint density at radius 1 is 1.35 bits per heavy atom. The van der Waals surface area contributed by atoms with Crippen LogP contribution in [0.15, 0.2) is 23.1 Å². The number of nitro benzene ring substituents is 1. The van der Waals surface area contributed by atoms with Gasteiger partial charge in [-0.3, -0.25) is 10.1 Å². The van der Waals surface area contributed by atoms with Gasteiger partial charge in [-0.25, -0.2) is 13.1 Å². The zero-order valence-electron chi connectivity index (χ0n) is 12.3. The van der Waals surface area contributed by atoms with Gasteiger partial charge in [0, 0.05) is 17.1 Å². The van der Waals surface area contributed by atoms with Crippen LogP contribution in [0.25, 0.3) is 0 Å². The van der Waals surface area contributed by atoms with Crippen LogP contribution in [0.4, 0.5) is 5.69 Å². The summed E-state index contributed by atoms with van der Waals surface area (Å²) in [5.41, 5.74) is 5.16. The van der Waals surface area contributed by atoms with Crippen molar-refractivity contribution in [2.75, 3.05) is 6.54 Å². The third-order valence-electron chi connectivity index (χ3n) is 3.93. The van der Waals surface area contributed by atoms with Crippen molar-refractivity contribution in [3.05, 3.63) is 33.3 Å². The van der Waals surface area contributed by atoms with E-state index in [1.165, 1.54) is 6.07 Å². The number of hydrogen-bond acceptors (Lipinski definition) is 5. The number of halogens is 2. The van der Waals surface area contributed by atoms with E-state index in [-0.39, 0.29) is 34.3 Å². The van der Waals surface area contributed by atoms with Gasteiger partial charge in [-0.15, -0.1) is 12.4 Å². The van der Waals surface area contributed by atoms with E-state index in [1.54, 1.807) is 0 Å². The van der Waals surface area contributed by atoms with Gasteiger partial charge in [-0.2, -0.15) is 0 Å². The molecule has 1 fully saturated rings. The van der Waals surface area contributed by atoms with Crippen LogP contribution in [-0.2, 0) is 10.0 Å². The molecule has 0 aliphatic heterocycles. The molecule has 0 spiro atoms. The van der Waals surface area contributed by atoms with Crippen molar-refractivity contribution < 1.29 is 13.3 Å². The fourth-order valence-corrected chi connectivity index (χ4v) is 4.43. The maximum Gasteiger partial charge on any atom is 0.290 e. The Labute approximate surface area is 146 Å². The quantitative estimate of drug-likeness (QED) is 0.598. The predicted octanol–water partition coefficient (Wildman–Crippen LogP) is 2.47. The summed E-state index contributed by atoms with van der Waals surface area (Å²) in [5.74, 6) is 0.0508. The van der Waals surface area contributed by atoms with Crippen molar-refractivity contribution >= 4 is 39.7 Å². The smallest absolute Gasteiger partial charge is 0.290 e. The summed E-state index contributed by atoms with van der Waals surface area (Å²) in [5, 5.41) is 11.2. The van der Waals surface area contributed by atoms with Crippen molar-refractivity contribution in [2.24, 2.45) is 11.7 Å². The Bertz CT molecular complexity index is 669.